The minimum atomic E-state index is 0.343. The largest absolute Gasteiger partial charge is 0.0852 e. The summed E-state index contributed by atoms with van der Waals surface area (Å²) >= 11 is 0. The summed E-state index contributed by atoms with van der Waals surface area (Å²) in [7, 11) is 0. The summed E-state index contributed by atoms with van der Waals surface area (Å²) in [6.45, 7) is 11.4. The summed E-state index contributed by atoms with van der Waals surface area (Å²) in [5, 5.41) is 0. The highest BCUT2D eigenvalue weighted by molar-refractivity contribution is 4.94. The normalized spacial score (nSPS) is 14.6. The Hall–Kier alpha value is -0.260. The summed E-state index contributed by atoms with van der Waals surface area (Å²) in [6, 6.07) is 0. The third-order valence-electron chi connectivity index (χ3n) is 2.94. The Balaban J connectivity index is 3.44. The number of unbranched alkanes of at least 4 members (excludes halogenated alkanes) is 5. The van der Waals surface area contributed by atoms with Gasteiger partial charge in [-0.25, -0.2) is 0 Å². The summed E-state index contributed by atoms with van der Waals surface area (Å²) in [6.07, 6.45) is 14.6. The van der Waals surface area contributed by atoms with E-state index in [-0.39, 0.29) is 0 Å². The summed E-state index contributed by atoms with van der Waals surface area (Å²) < 4.78 is 0. The van der Waals surface area contributed by atoms with Crippen molar-refractivity contribution >= 4 is 0 Å². The van der Waals surface area contributed by atoms with Gasteiger partial charge >= 0.3 is 0 Å². The SMILES string of the molecule is CCCCCCCCC(C)C=CC(C)(C)C. The molecule has 16 heavy (non-hydrogen) atoms. The van der Waals surface area contributed by atoms with Crippen molar-refractivity contribution in [3.63, 3.8) is 0 Å². The van der Waals surface area contributed by atoms with E-state index in [0.717, 1.165) is 5.92 Å². The maximum atomic E-state index is 2.39. The molecule has 0 radical (unpaired) electrons. The molecule has 0 rings (SSSR count). The Kier molecular flexibility index (Phi) is 8.70. The Morgan fingerprint density at radius 3 is 2.06 bits per heavy atom. The highest BCUT2D eigenvalue weighted by Crippen LogP contribution is 2.18. The number of hydrogen-bond donors (Lipinski definition) is 0. The molecule has 0 saturated carbocycles. The lowest BCUT2D eigenvalue weighted by atomic mass is 9.93. The molecule has 0 heterocycles. The van der Waals surface area contributed by atoms with Gasteiger partial charge in [0.15, 0.2) is 0 Å². The van der Waals surface area contributed by atoms with Gasteiger partial charge in [0.2, 0.25) is 0 Å². The summed E-state index contributed by atoms with van der Waals surface area (Å²) in [5.74, 6) is 0.755. The molecule has 0 aromatic carbocycles. The standard InChI is InChI=1S/C16H32/c1-6-7-8-9-10-11-12-15(2)13-14-16(3,4)5/h13-15H,6-12H2,1-5H3. The molecular formula is C16H32. The molecule has 0 bridgehead atoms. The van der Waals surface area contributed by atoms with E-state index in [1.165, 1.54) is 44.9 Å². The maximum absolute atomic E-state index is 2.39. The molecular weight excluding hydrogens is 192 g/mol. The van der Waals surface area contributed by atoms with Crippen LogP contribution in [-0.4, -0.2) is 0 Å². The van der Waals surface area contributed by atoms with Gasteiger partial charge in [-0.2, -0.15) is 0 Å². The maximum Gasteiger partial charge on any atom is -0.0203 e. The van der Waals surface area contributed by atoms with Crippen LogP contribution in [0.4, 0.5) is 0 Å². The molecule has 0 nitrogen and oxygen atoms in total. The van der Waals surface area contributed by atoms with Crippen LogP contribution in [0.25, 0.3) is 0 Å². The van der Waals surface area contributed by atoms with E-state index in [1.54, 1.807) is 0 Å². The Morgan fingerprint density at radius 2 is 1.50 bits per heavy atom. The fourth-order valence-corrected chi connectivity index (χ4v) is 1.80. The van der Waals surface area contributed by atoms with Crippen molar-refractivity contribution in [2.24, 2.45) is 11.3 Å². The van der Waals surface area contributed by atoms with Crippen molar-refractivity contribution in [3.05, 3.63) is 12.2 Å². The van der Waals surface area contributed by atoms with Crippen LogP contribution in [0.2, 0.25) is 0 Å². The van der Waals surface area contributed by atoms with Gasteiger partial charge in [-0.1, -0.05) is 85.3 Å². The van der Waals surface area contributed by atoms with Gasteiger partial charge in [0.1, 0.15) is 0 Å². The molecule has 0 aromatic heterocycles. The van der Waals surface area contributed by atoms with E-state index in [0.29, 0.717) is 5.41 Å². The van der Waals surface area contributed by atoms with Crippen molar-refractivity contribution < 1.29 is 0 Å². The second-order valence-electron chi connectivity index (χ2n) is 6.26. The molecule has 0 aliphatic rings. The Morgan fingerprint density at radius 1 is 0.938 bits per heavy atom. The van der Waals surface area contributed by atoms with Crippen LogP contribution >= 0.6 is 0 Å². The third-order valence-corrected chi connectivity index (χ3v) is 2.94. The van der Waals surface area contributed by atoms with E-state index in [9.17, 15) is 0 Å². The van der Waals surface area contributed by atoms with Gasteiger partial charge in [-0.3, -0.25) is 0 Å². The molecule has 1 atom stereocenters. The van der Waals surface area contributed by atoms with Crippen molar-refractivity contribution in [1.82, 2.24) is 0 Å². The lowest BCUT2D eigenvalue weighted by molar-refractivity contribution is 0.518. The first-order valence-corrected chi connectivity index (χ1v) is 7.15. The fourth-order valence-electron chi connectivity index (χ4n) is 1.80. The quantitative estimate of drug-likeness (QED) is 0.351. The Labute approximate surface area is 104 Å². The molecule has 0 spiro atoms. The van der Waals surface area contributed by atoms with E-state index < -0.39 is 0 Å². The van der Waals surface area contributed by atoms with Crippen LogP contribution in [0.3, 0.4) is 0 Å². The summed E-state index contributed by atoms with van der Waals surface area (Å²) in [4.78, 5) is 0. The van der Waals surface area contributed by atoms with E-state index >= 15 is 0 Å². The molecule has 0 amide bonds. The zero-order valence-electron chi connectivity index (χ0n) is 12.2. The van der Waals surface area contributed by atoms with Gasteiger partial charge < -0.3 is 0 Å². The van der Waals surface area contributed by atoms with Crippen molar-refractivity contribution in [3.8, 4) is 0 Å². The monoisotopic (exact) mass is 224 g/mol. The molecule has 1 unspecified atom stereocenters. The van der Waals surface area contributed by atoms with Crippen LogP contribution in [-0.2, 0) is 0 Å². The molecule has 0 heteroatoms. The molecule has 0 fully saturated rings. The minimum Gasteiger partial charge on any atom is -0.0852 e. The summed E-state index contributed by atoms with van der Waals surface area (Å²) in [5.41, 5.74) is 0.343. The first-order chi connectivity index (χ1) is 7.45. The van der Waals surface area contributed by atoms with Gasteiger partial charge in [-0.15, -0.1) is 0 Å². The van der Waals surface area contributed by atoms with E-state index in [1.807, 2.05) is 0 Å². The van der Waals surface area contributed by atoms with Crippen LogP contribution in [0, 0.1) is 11.3 Å². The van der Waals surface area contributed by atoms with Gasteiger partial charge in [0, 0.05) is 0 Å². The molecule has 96 valence electrons. The van der Waals surface area contributed by atoms with Crippen molar-refractivity contribution in [2.75, 3.05) is 0 Å². The van der Waals surface area contributed by atoms with Crippen LogP contribution in [0.5, 0.6) is 0 Å². The molecule has 0 aromatic rings. The number of allylic oxidation sites excluding steroid dienone is 2. The average molecular weight is 224 g/mol. The number of rotatable bonds is 8. The second-order valence-corrected chi connectivity index (χ2v) is 6.26. The first kappa shape index (κ1) is 15.7. The molecule has 0 aliphatic heterocycles. The smallest absolute Gasteiger partial charge is 0.0203 e. The van der Waals surface area contributed by atoms with E-state index in [4.69, 9.17) is 0 Å². The van der Waals surface area contributed by atoms with Gasteiger partial charge in [0.05, 0.1) is 0 Å². The van der Waals surface area contributed by atoms with Crippen LogP contribution < -0.4 is 0 Å². The lowest BCUT2D eigenvalue weighted by Crippen LogP contribution is -2.00. The fraction of sp³-hybridized carbons (Fsp3) is 0.875. The van der Waals surface area contributed by atoms with Crippen LogP contribution in [0.1, 0.15) is 79.6 Å². The first-order valence-electron chi connectivity index (χ1n) is 7.15. The van der Waals surface area contributed by atoms with Crippen molar-refractivity contribution in [1.29, 1.82) is 0 Å². The topological polar surface area (TPSA) is 0 Å². The third kappa shape index (κ3) is 11.8. The molecule has 0 N–H and O–H groups in total. The highest BCUT2D eigenvalue weighted by atomic mass is 14.1. The lowest BCUT2D eigenvalue weighted by Gasteiger charge is -2.13. The molecule has 0 aliphatic carbocycles. The minimum absolute atomic E-state index is 0.343. The van der Waals surface area contributed by atoms with E-state index in [2.05, 4.69) is 46.8 Å². The van der Waals surface area contributed by atoms with Crippen molar-refractivity contribution in [2.45, 2.75) is 79.6 Å². The predicted molar refractivity (Wildman–Crippen MR) is 75.8 cm³/mol. The van der Waals surface area contributed by atoms with Crippen LogP contribution in [0.15, 0.2) is 12.2 Å². The average Bonchev–Trinajstić information content (AvgIpc) is 2.19. The van der Waals surface area contributed by atoms with Gasteiger partial charge in [0.25, 0.3) is 0 Å². The second kappa shape index (κ2) is 8.84. The molecule has 0 saturated heterocycles. The number of hydrogen-bond acceptors (Lipinski definition) is 0. The predicted octanol–water partition coefficient (Wildman–Crippen LogP) is 5.98. The Bertz CT molecular complexity index is 171. The highest BCUT2D eigenvalue weighted by Gasteiger charge is 2.05. The zero-order valence-corrected chi connectivity index (χ0v) is 12.2. The van der Waals surface area contributed by atoms with Gasteiger partial charge in [-0.05, 0) is 17.8 Å². The zero-order chi connectivity index (χ0) is 12.4.